The fourth-order valence-electron chi connectivity index (χ4n) is 2.17. The fourth-order valence-corrected chi connectivity index (χ4v) is 3.32. The predicted octanol–water partition coefficient (Wildman–Crippen LogP) is 4.30. The van der Waals surface area contributed by atoms with E-state index in [0.29, 0.717) is 21.3 Å². The summed E-state index contributed by atoms with van der Waals surface area (Å²) in [7, 11) is 0. The second-order valence-electron chi connectivity index (χ2n) is 5.77. The molecule has 1 aromatic carbocycles. The SMILES string of the molecule is CC(C)(NC(=O)c1cc(Cl)cc(Cl)c1)c1cn(-c2ccsc2)nn1. The number of rotatable bonds is 4. The fraction of sp³-hybridized carbons (Fsp3) is 0.188. The molecule has 1 amide bonds. The van der Waals surface area contributed by atoms with Crippen LogP contribution in [0.15, 0.2) is 41.2 Å². The molecule has 0 radical (unpaired) electrons. The summed E-state index contributed by atoms with van der Waals surface area (Å²) in [6, 6.07) is 6.67. The first kappa shape index (κ1) is 17.0. The van der Waals surface area contributed by atoms with Crippen LogP contribution in [0.25, 0.3) is 5.69 Å². The van der Waals surface area contributed by atoms with E-state index in [2.05, 4.69) is 15.6 Å². The summed E-state index contributed by atoms with van der Waals surface area (Å²) in [6.45, 7) is 3.72. The van der Waals surface area contributed by atoms with Crippen molar-refractivity contribution < 1.29 is 4.79 Å². The van der Waals surface area contributed by atoms with Gasteiger partial charge in [0.15, 0.2) is 0 Å². The number of halogens is 2. The van der Waals surface area contributed by atoms with Gasteiger partial charge >= 0.3 is 0 Å². The van der Waals surface area contributed by atoms with Crippen LogP contribution in [-0.4, -0.2) is 20.9 Å². The van der Waals surface area contributed by atoms with Crippen LogP contribution in [0, 0.1) is 0 Å². The van der Waals surface area contributed by atoms with Crippen molar-refractivity contribution in [1.29, 1.82) is 0 Å². The number of carbonyl (C=O) groups is 1. The van der Waals surface area contributed by atoms with Crippen LogP contribution >= 0.6 is 34.5 Å². The number of hydrogen-bond acceptors (Lipinski definition) is 4. The molecule has 8 heteroatoms. The maximum atomic E-state index is 12.5. The monoisotopic (exact) mass is 380 g/mol. The Bertz CT molecular complexity index is 854. The molecule has 24 heavy (non-hydrogen) atoms. The number of nitrogens with one attached hydrogen (secondary N) is 1. The topological polar surface area (TPSA) is 59.8 Å². The Balaban J connectivity index is 1.81. The average molecular weight is 381 g/mol. The Morgan fingerprint density at radius 2 is 1.96 bits per heavy atom. The molecule has 3 rings (SSSR count). The Labute approximate surface area is 153 Å². The van der Waals surface area contributed by atoms with Gasteiger partial charge in [-0.1, -0.05) is 28.4 Å². The molecule has 3 aromatic rings. The molecular weight excluding hydrogens is 367 g/mol. The van der Waals surface area contributed by atoms with Gasteiger partial charge in [0.1, 0.15) is 5.69 Å². The van der Waals surface area contributed by atoms with Crippen molar-refractivity contribution in [1.82, 2.24) is 20.3 Å². The van der Waals surface area contributed by atoms with E-state index in [4.69, 9.17) is 23.2 Å². The largest absolute Gasteiger partial charge is 0.341 e. The van der Waals surface area contributed by atoms with E-state index in [1.54, 1.807) is 40.4 Å². The number of benzene rings is 1. The molecular formula is C16H14Cl2N4OS. The number of thiophene rings is 1. The lowest BCUT2D eigenvalue weighted by atomic mass is 10.0. The van der Waals surface area contributed by atoms with E-state index >= 15 is 0 Å². The van der Waals surface area contributed by atoms with E-state index in [0.717, 1.165) is 5.69 Å². The minimum absolute atomic E-state index is 0.283. The molecule has 0 saturated heterocycles. The highest BCUT2D eigenvalue weighted by molar-refractivity contribution is 7.08. The third-order valence-corrected chi connectivity index (χ3v) is 4.56. The lowest BCUT2D eigenvalue weighted by molar-refractivity contribution is 0.0910. The zero-order valence-corrected chi connectivity index (χ0v) is 15.3. The number of carbonyl (C=O) groups excluding carboxylic acids is 1. The zero-order valence-electron chi connectivity index (χ0n) is 13.0. The molecule has 5 nitrogen and oxygen atoms in total. The first-order valence-corrected chi connectivity index (χ1v) is 8.79. The average Bonchev–Trinajstić information content (AvgIpc) is 3.17. The molecule has 0 saturated carbocycles. The molecule has 0 fully saturated rings. The molecule has 2 aromatic heterocycles. The first-order chi connectivity index (χ1) is 11.3. The highest BCUT2D eigenvalue weighted by Crippen LogP contribution is 2.22. The molecule has 1 N–H and O–H groups in total. The minimum atomic E-state index is -0.708. The molecule has 0 bridgehead atoms. The van der Waals surface area contributed by atoms with Crippen molar-refractivity contribution in [2.75, 3.05) is 0 Å². The molecule has 124 valence electrons. The van der Waals surface area contributed by atoms with Gasteiger partial charge < -0.3 is 5.32 Å². The second-order valence-corrected chi connectivity index (χ2v) is 7.42. The van der Waals surface area contributed by atoms with Gasteiger partial charge in [-0.2, -0.15) is 11.3 Å². The normalized spacial score (nSPS) is 11.5. The number of nitrogens with zero attached hydrogens (tertiary/aromatic N) is 3. The van der Waals surface area contributed by atoms with E-state index in [1.165, 1.54) is 0 Å². The summed E-state index contributed by atoms with van der Waals surface area (Å²) in [4.78, 5) is 12.5. The van der Waals surface area contributed by atoms with Crippen LogP contribution in [0.5, 0.6) is 0 Å². The Kier molecular flexibility index (Phi) is 4.62. The standard InChI is InChI=1S/C16H14Cl2N4OS/c1-16(2,14-8-22(21-20-14)13-3-4-24-9-13)19-15(23)10-5-11(17)7-12(18)6-10/h3-9H,1-2H3,(H,19,23). The predicted molar refractivity (Wildman–Crippen MR) is 96.2 cm³/mol. The van der Waals surface area contributed by atoms with Gasteiger partial charge in [0, 0.05) is 21.0 Å². The Morgan fingerprint density at radius 3 is 2.58 bits per heavy atom. The second kappa shape index (κ2) is 6.55. The lowest BCUT2D eigenvalue weighted by Crippen LogP contribution is -2.41. The Morgan fingerprint density at radius 1 is 1.25 bits per heavy atom. The van der Waals surface area contributed by atoms with Gasteiger partial charge in [0.05, 0.1) is 17.4 Å². The molecule has 0 aliphatic heterocycles. The maximum Gasteiger partial charge on any atom is 0.252 e. The van der Waals surface area contributed by atoms with Gasteiger partial charge in [-0.25, -0.2) is 4.68 Å². The van der Waals surface area contributed by atoms with Crippen LogP contribution < -0.4 is 5.32 Å². The summed E-state index contributed by atoms with van der Waals surface area (Å²) in [5.74, 6) is -0.283. The van der Waals surface area contributed by atoms with Crippen LogP contribution in [0.4, 0.5) is 0 Å². The molecule has 0 aliphatic carbocycles. The number of hydrogen-bond donors (Lipinski definition) is 1. The van der Waals surface area contributed by atoms with Gasteiger partial charge in [-0.3, -0.25) is 4.79 Å². The lowest BCUT2D eigenvalue weighted by Gasteiger charge is -2.23. The van der Waals surface area contributed by atoms with E-state index in [-0.39, 0.29) is 5.91 Å². The first-order valence-electron chi connectivity index (χ1n) is 7.09. The van der Waals surface area contributed by atoms with E-state index in [1.807, 2.05) is 30.7 Å². The van der Waals surface area contributed by atoms with E-state index < -0.39 is 5.54 Å². The van der Waals surface area contributed by atoms with Crippen molar-refractivity contribution in [2.24, 2.45) is 0 Å². The summed E-state index contributed by atoms with van der Waals surface area (Å²) in [6.07, 6.45) is 1.80. The quantitative estimate of drug-likeness (QED) is 0.733. The summed E-state index contributed by atoms with van der Waals surface area (Å²) in [5.41, 5.74) is 1.27. The maximum absolute atomic E-state index is 12.5. The molecule has 2 heterocycles. The minimum Gasteiger partial charge on any atom is -0.341 e. The van der Waals surface area contributed by atoms with Crippen LogP contribution in [-0.2, 0) is 5.54 Å². The third-order valence-electron chi connectivity index (χ3n) is 3.46. The van der Waals surface area contributed by atoms with Crippen molar-refractivity contribution in [3.63, 3.8) is 0 Å². The van der Waals surface area contributed by atoms with Gasteiger partial charge in [0.2, 0.25) is 0 Å². The van der Waals surface area contributed by atoms with Gasteiger partial charge in [-0.15, -0.1) is 5.10 Å². The van der Waals surface area contributed by atoms with E-state index in [9.17, 15) is 4.79 Å². The summed E-state index contributed by atoms with van der Waals surface area (Å²) < 4.78 is 1.68. The third kappa shape index (κ3) is 3.61. The zero-order chi connectivity index (χ0) is 17.3. The number of aromatic nitrogens is 3. The van der Waals surface area contributed by atoms with Crippen LogP contribution in [0.3, 0.4) is 0 Å². The molecule has 0 unspecified atom stereocenters. The van der Waals surface area contributed by atoms with Crippen LogP contribution in [0.2, 0.25) is 10.0 Å². The van der Waals surface area contributed by atoms with Gasteiger partial charge in [0.25, 0.3) is 5.91 Å². The van der Waals surface area contributed by atoms with Crippen molar-refractivity contribution in [3.05, 3.63) is 62.5 Å². The van der Waals surface area contributed by atoms with Gasteiger partial charge in [-0.05, 0) is 43.5 Å². The van der Waals surface area contributed by atoms with Crippen molar-refractivity contribution in [3.8, 4) is 5.69 Å². The summed E-state index contributed by atoms with van der Waals surface area (Å²) >= 11 is 13.5. The van der Waals surface area contributed by atoms with Crippen molar-refractivity contribution >= 4 is 40.4 Å². The highest BCUT2D eigenvalue weighted by atomic mass is 35.5. The number of amides is 1. The molecule has 0 atom stereocenters. The van der Waals surface area contributed by atoms with Crippen molar-refractivity contribution in [2.45, 2.75) is 19.4 Å². The smallest absolute Gasteiger partial charge is 0.252 e. The highest BCUT2D eigenvalue weighted by Gasteiger charge is 2.27. The Hall–Kier alpha value is -1.89. The summed E-state index contributed by atoms with van der Waals surface area (Å²) in [5, 5.41) is 16.0. The molecule has 0 spiro atoms. The van der Waals surface area contributed by atoms with Crippen LogP contribution in [0.1, 0.15) is 29.9 Å². The molecule has 0 aliphatic rings.